The summed E-state index contributed by atoms with van der Waals surface area (Å²) in [6.07, 6.45) is 0. The van der Waals surface area contributed by atoms with E-state index < -0.39 is 40.2 Å². The van der Waals surface area contributed by atoms with Gasteiger partial charge >= 0.3 is 0 Å². The molecule has 0 radical (unpaired) electrons. The molecule has 166 valence electrons. The molecule has 0 saturated heterocycles. The molecule has 0 amide bonds. The molecule has 0 heterocycles. The molecule has 5 nitrogen and oxygen atoms in total. The first-order valence-corrected chi connectivity index (χ1v) is 12.3. The quantitative estimate of drug-likeness (QED) is 0.362. The summed E-state index contributed by atoms with van der Waals surface area (Å²) in [6, 6.07) is 14.2. The van der Waals surface area contributed by atoms with E-state index in [9.17, 15) is 13.2 Å². The summed E-state index contributed by atoms with van der Waals surface area (Å²) < 4.78 is 23.8. The van der Waals surface area contributed by atoms with Gasteiger partial charge in [-0.25, -0.2) is 8.42 Å². The summed E-state index contributed by atoms with van der Waals surface area (Å²) in [5, 5.41) is 1.68. The van der Waals surface area contributed by atoms with E-state index >= 15 is 0 Å². The predicted molar refractivity (Wildman–Crippen MR) is 127 cm³/mol. The molecule has 2 aromatic carbocycles. The topological polar surface area (TPSA) is 75.3 Å². The van der Waals surface area contributed by atoms with Crippen LogP contribution in [0.1, 0.15) is 5.56 Å². The number of rotatable bonds is 5. The maximum atomic E-state index is 13.3. The third kappa shape index (κ3) is 4.18. The van der Waals surface area contributed by atoms with Crippen LogP contribution in [0.2, 0.25) is 0 Å². The molecule has 12 heteroatoms. The number of hydrogen-bond donors (Lipinski definition) is 2. The van der Waals surface area contributed by atoms with Gasteiger partial charge in [0.2, 0.25) is 24.5 Å². The summed E-state index contributed by atoms with van der Waals surface area (Å²) in [5.74, 6) is -1.08. The lowest BCUT2D eigenvalue weighted by atomic mass is 9.92. The number of hydrogen-bond acceptors (Lipinski definition) is 4. The van der Waals surface area contributed by atoms with Crippen LogP contribution in [0.5, 0.6) is 0 Å². The fraction of sp³-hybridized carbons (Fsp3) is 0.211. The molecule has 0 unspecified atom stereocenters. The second-order valence-corrected chi connectivity index (χ2v) is 11.9. The van der Waals surface area contributed by atoms with Crippen LogP contribution in [0.15, 0.2) is 69.6 Å². The molecule has 0 aliphatic heterocycles. The first-order valence-electron chi connectivity index (χ1n) is 8.56. The molecule has 0 spiro atoms. The van der Waals surface area contributed by atoms with E-state index in [1.165, 1.54) is 12.1 Å². The number of alkyl halides is 4. The van der Waals surface area contributed by atoms with Gasteiger partial charge in [0, 0.05) is 5.69 Å². The number of anilines is 1. The monoisotopic (exact) mass is 560 g/mol. The second-order valence-electron chi connectivity index (χ2n) is 6.77. The van der Waals surface area contributed by atoms with Crippen molar-refractivity contribution >= 4 is 91.1 Å². The van der Waals surface area contributed by atoms with Crippen molar-refractivity contribution in [1.82, 2.24) is 4.72 Å². The average Bonchev–Trinajstić information content (AvgIpc) is 2.71. The lowest BCUT2D eigenvalue weighted by Gasteiger charge is -2.50. The van der Waals surface area contributed by atoms with Crippen molar-refractivity contribution in [2.75, 3.05) is 5.32 Å². The Morgan fingerprint density at radius 2 is 1.42 bits per heavy atom. The number of para-hydroxylation sites is 1. The lowest BCUT2D eigenvalue weighted by molar-refractivity contribution is -0.116. The lowest BCUT2D eigenvalue weighted by Crippen LogP contribution is -2.73. The fourth-order valence-electron chi connectivity index (χ4n) is 2.90. The van der Waals surface area contributed by atoms with Crippen LogP contribution in [0.4, 0.5) is 5.69 Å². The number of ketones is 1. The Balaban J connectivity index is 2.27. The van der Waals surface area contributed by atoms with Crippen molar-refractivity contribution in [2.24, 2.45) is 0 Å². The number of sulfonamides is 1. The van der Waals surface area contributed by atoms with Crippen molar-refractivity contribution in [3.63, 3.8) is 0 Å². The van der Waals surface area contributed by atoms with E-state index in [4.69, 9.17) is 69.6 Å². The van der Waals surface area contributed by atoms with Crippen molar-refractivity contribution in [2.45, 2.75) is 26.1 Å². The Labute approximate surface area is 209 Å². The summed E-state index contributed by atoms with van der Waals surface area (Å²) in [6.45, 7) is 1.80. The van der Waals surface area contributed by atoms with E-state index in [2.05, 4.69) is 10.0 Å². The summed E-state index contributed by atoms with van der Waals surface area (Å²) >= 11 is 38.0. The highest BCUT2D eigenvalue weighted by Crippen LogP contribution is 2.58. The molecular formula is C19H14Cl6N2O3S. The number of benzene rings is 2. The molecule has 0 bridgehead atoms. The molecule has 2 N–H and O–H groups in total. The Hall–Kier alpha value is -0.700. The van der Waals surface area contributed by atoms with Crippen LogP contribution in [-0.2, 0) is 14.8 Å². The van der Waals surface area contributed by atoms with Gasteiger partial charge < -0.3 is 5.32 Å². The van der Waals surface area contributed by atoms with Gasteiger partial charge in [0.25, 0.3) is 0 Å². The van der Waals surface area contributed by atoms with Gasteiger partial charge in [-0.15, -0.1) is 0 Å². The van der Waals surface area contributed by atoms with E-state index in [1.807, 2.05) is 0 Å². The van der Waals surface area contributed by atoms with Crippen LogP contribution in [-0.4, -0.2) is 28.5 Å². The number of carbonyl (C=O) groups excluding carboxylic acids is 1. The highest BCUT2D eigenvalue weighted by molar-refractivity contribution is 7.89. The molecule has 3 rings (SSSR count). The largest absolute Gasteiger partial charge is 0.359 e. The standard InChI is InChI=1S/C19H14Cl6N2O3S/c1-11-7-9-13(10-8-11)31(29,30)27-18(26-12-5-3-2-4-6-12)15(21)14(20)16(28)17(22,23)19(18,24)25/h2-10,26-27H,1H3/t18-/m0/s1. The van der Waals surface area contributed by atoms with Crippen molar-refractivity contribution in [1.29, 1.82) is 0 Å². The minimum Gasteiger partial charge on any atom is -0.359 e. The maximum absolute atomic E-state index is 13.3. The predicted octanol–water partition coefficient (Wildman–Crippen LogP) is 5.70. The molecule has 0 saturated carbocycles. The average molecular weight is 563 g/mol. The van der Waals surface area contributed by atoms with Gasteiger partial charge in [-0.3, -0.25) is 4.79 Å². The molecule has 0 fully saturated rings. The van der Waals surface area contributed by atoms with Gasteiger partial charge in [0.15, 0.2) is 5.66 Å². The van der Waals surface area contributed by atoms with E-state index in [1.54, 1.807) is 49.4 Å². The number of carbonyl (C=O) groups is 1. The first-order chi connectivity index (χ1) is 14.3. The third-order valence-corrected chi connectivity index (χ3v) is 9.42. The van der Waals surface area contributed by atoms with Crippen molar-refractivity contribution in [3.8, 4) is 0 Å². The smallest absolute Gasteiger partial charge is 0.242 e. The van der Waals surface area contributed by atoms with Crippen LogP contribution in [0, 0.1) is 6.92 Å². The molecule has 1 aliphatic carbocycles. The zero-order valence-corrected chi connectivity index (χ0v) is 20.9. The Kier molecular flexibility index (Phi) is 6.90. The van der Waals surface area contributed by atoms with E-state index in [-0.39, 0.29) is 4.90 Å². The van der Waals surface area contributed by atoms with Gasteiger partial charge in [-0.2, -0.15) is 4.72 Å². The number of allylic oxidation sites excluding steroid dienone is 1. The SMILES string of the molecule is Cc1ccc(S(=O)(=O)N[C@@]2(Nc3ccccc3)C(Cl)=C(Cl)C(=O)C(Cl)(Cl)C2(Cl)Cl)cc1. The number of halogens is 6. The Bertz CT molecular complexity index is 1150. The highest BCUT2D eigenvalue weighted by Gasteiger charge is 2.71. The Morgan fingerprint density at radius 3 is 1.97 bits per heavy atom. The van der Waals surface area contributed by atoms with Crippen molar-refractivity contribution < 1.29 is 13.2 Å². The first kappa shape index (κ1) is 24.9. The minimum absolute atomic E-state index is 0.122. The zero-order valence-electron chi connectivity index (χ0n) is 15.6. The second kappa shape index (κ2) is 8.58. The molecule has 1 atom stereocenters. The van der Waals surface area contributed by atoms with E-state index in [0.29, 0.717) is 5.69 Å². The number of Topliss-reactive ketones (excluding diaryl/α,β-unsaturated/α-hetero) is 1. The van der Waals surface area contributed by atoms with Crippen LogP contribution < -0.4 is 10.0 Å². The maximum Gasteiger partial charge on any atom is 0.242 e. The van der Waals surface area contributed by atoms with Gasteiger partial charge in [0.05, 0.1) is 9.93 Å². The molecule has 2 aromatic rings. The van der Waals surface area contributed by atoms with Gasteiger partial charge in [-0.1, -0.05) is 106 Å². The molecule has 31 heavy (non-hydrogen) atoms. The van der Waals surface area contributed by atoms with Crippen LogP contribution >= 0.6 is 69.6 Å². The van der Waals surface area contributed by atoms with Crippen LogP contribution in [0.3, 0.4) is 0 Å². The molecule has 1 aliphatic rings. The normalized spacial score (nSPS) is 23.0. The number of nitrogens with one attached hydrogen (secondary N) is 2. The third-order valence-electron chi connectivity index (χ3n) is 4.60. The fourth-order valence-corrected chi connectivity index (χ4v) is 6.21. The van der Waals surface area contributed by atoms with Gasteiger partial charge in [-0.05, 0) is 31.2 Å². The summed E-state index contributed by atoms with van der Waals surface area (Å²) in [5.41, 5.74) is -1.15. The Morgan fingerprint density at radius 1 is 0.871 bits per heavy atom. The van der Waals surface area contributed by atoms with Crippen LogP contribution in [0.25, 0.3) is 0 Å². The van der Waals surface area contributed by atoms with Gasteiger partial charge in [0.1, 0.15) is 5.03 Å². The summed E-state index contributed by atoms with van der Waals surface area (Å²) in [7, 11) is -4.34. The molecular weight excluding hydrogens is 549 g/mol. The van der Waals surface area contributed by atoms with E-state index in [0.717, 1.165) is 5.56 Å². The zero-order chi connectivity index (χ0) is 23.2. The van der Waals surface area contributed by atoms with Crippen molar-refractivity contribution in [3.05, 3.63) is 70.2 Å². The number of aryl methyl sites for hydroxylation is 1. The molecule has 0 aromatic heterocycles. The summed E-state index contributed by atoms with van der Waals surface area (Å²) in [4.78, 5) is 12.5. The minimum atomic E-state index is -4.34. The highest BCUT2D eigenvalue weighted by atomic mass is 35.5.